The van der Waals surface area contributed by atoms with Crippen LogP contribution in [0.4, 0.5) is 13.2 Å². The maximum atomic E-state index is 13.3. The Morgan fingerprint density at radius 3 is 2.57 bits per heavy atom. The molecule has 2 aliphatic heterocycles. The van der Waals surface area contributed by atoms with Crippen LogP contribution in [0.25, 0.3) is 11.4 Å². The Morgan fingerprint density at radius 1 is 1.27 bits per heavy atom. The summed E-state index contributed by atoms with van der Waals surface area (Å²) >= 11 is 0. The van der Waals surface area contributed by atoms with E-state index in [1.165, 1.54) is 10.8 Å². The summed E-state index contributed by atoms with van der Waals surface area (Å²) in [6, 6.07) is 1.22. The highest BCUT2D eigenvalue weighted by atomic mass is 32.2. The third kappa shape index (κ3) is 3.59. The topological polar surface area (TPSA) is 99.2 Å². The molecule has 0 radical (unpaired) electrons. The number of aromatic nitrogens is 4. The molecule has 0 spiro atoms. The van der Waals surface area contributed by atoms with Gasteiger partial charge in [0.25, 0.3) is 0 Å². The molecule has 1 saturated heterocycles. The van der Waals surface area contributed by atoms with Gasteiger partial charge in [-0.25, -0.2) is 13.4 Å². The van der Waals surface area contributed by atoms with E-state index < -0.39 is 33.5 Å². The summed E-state index contributed by atoms with van der Waals surface area (Å²) in [5, 5.41) is 14.5. The largest absolute Gasteiger partial charge is 0.476 e. The summed E-state index contributed by atoms with van der Waals surface area (Å²) in [5.74, 6) is 0.281. The second-order valence-electron chi connectivity index (χ2n) is 8.21. The molecule has 2 aliphatic rings. The number of aliphatic hydroxyl groups is 1. The molecule has 2 aromatic rings. The molecule has 0 aliphatic carbocycles. The van der Waals surface area contributed by atoms with Crippen molar-refractivity contribution in [2.24, 2.45) is 5.92 Å². The average Bonchev–Trinajstić information content (AvgIpc) is 3.24. The third-order valence-corrected chi connectivity index (χ3v) is 7.54. The lowest BCUT2D eigenvalue weighted by molar-refractivity contribution is -0.262. The molecule has 166 valence electrons. The zero-order chi connectivity index (χ0) is 21.9. The van der Waals surface area contributed by atoms with E-state index in [0.717, 1.165) is 0 Å². The number of rotatable bonds is 4. The quantitative estimate of drug-likeness (QED) is 0.771. The molecule has 0 amide bonds. The summed E-state index contributed by atoms with van der Waals surface area (Å²) < 4.78 is 71.9. The lowest BCUT2D eigenvalue weighted by atomic mass is 10.0. The molecule has 0 saturated carbocycles. The molecular weight excluding hydrogens is 425 g/mol. The zero-order valence-electron chi connectivity index (χ0n) is 16.6. The van der Waals surface area contributed by atoms with Crippen LogP contribution in [0.3, 0.4) is 0 Å². The van der Waals surface area contributed by atoms with Crippen LogP contribution in [-0.4, -0.2) is 57.1 Å². The Hall–Kier alpha value is -2.08. The zero-order valence-corrected chi connectivity index (χ0v) is 17.4. The third-order valence-electron chi connectivity index (χ3n) is 5.82. The van der Waals surface area contributed by atoms with Crippen LogP contribution < -0.4 is 4.74 Å². The van der Waals surface area contributed by atoms with Gasteiger partial charge in [0.15, 0.2) is 5.82 Å². The van der Waals surface area contributed by atoms with Gasteiger partial charge >= 0.3 is 6.18 Å². The maximum absolute atomic E-state index is 13.3. The number of halogens is 3. The second kappa shape index (κ2) is 6.98. The molecule has 8 nitrogen and oxygen atoms in total. The van der Waals surface area contributed by atoms with Crippen molar-refractivity contribution < 1.29 is 31.4 Å². The van der Waals surface area contributed by atoms with E-state index in [1.807, 2.05) is 0 Å². The van der Waals surface area contributed by atoms with Crippen LogP contribution in [0.15, 0.2) is 12.3 Å². The van der Waals surface area contributed by atoms with Crippen molar-refractivity contribution >= 4 is 9.84 Å². The molecular formula is C18H23F3N4O4S. The van der Waals surface area contributed by atoms with Crippen molar-refractivity contribution in [2.45, 2.75) is 51.1 Å². The number of alkyl halides is 3. The SMILES string of the molecule is C[C@H]1Cn2nc(OCC3CCS(=O)(=O)CC3)cc2-c2cnc(C(C)(O)C(F)(F)F)n21. The number of imidazole rings is 1. The van der Waals surface area contributed by atoms with Gasteiger partial charge in [-0.3, -0.25) is 4.68 Å². The number of ether oxygens (including phenoxy) is 1. The van der Waals surface area contributed by atoms with Crippen LogP contribution >= 0.6 is 0 Å². The Kier molecular flexibility index (Phi) is 4.92. The highest BCUT2D eigenvalue weighted by Gasteiger charge is 2.55. The standard InChI is InChI=1S/C18H23F3N4O4S/c1-11-9-24-13(14-8-22-16(25(11)14)17(2,26)18(19,20)21)7-15(23-24)29-10-12-3-5-30(27,28)6-4-12/h7-8,11-12,26H,3-6,9-10H2,1-2H3/t11-,17?/m0/s1. The summed E-state index contributed by atoms with van der Waals surface area (Å²) in [6.45, 7) is 3.05. The van der Waals surface area contributed by atoms with Gasteiger partial charge in [-0.15, -0.1) is 5.10 Å². The Balaban J connectivity index is 1.56. The molecule has 4 rings (SSSR count). The van der Waals surface area contributed by atoms with Crippen LogP contribution in [0, 0.1) is 5.92 Å². The van der Waals surface area contributed by atoms with Crippen molar-refractivity contribution in [1.82, 2.24) is 19.3 Å². The number of nitrogens with zero attached hydrogens (tertiary/aromatic N) is 4. The first-order valence-electron chi connectivity index (χ1n) is 9.67. The Bertz CT molecular complexity index is 1040. The van der Waals surface area contributed by atoms with E-state index in [1.54, 1.807) is 17.7 Å². The highest BCUT2D eigenvalue weighted by Crippen LogP contribution is 2.42. The van der Waals surface area contributed by atoms with Crippen molar-refractivity contribution in [3.63, 3.8) is 0 Å². The lowest BCUT2D eigenvalue weighted by Gasteiger charge is -2.31. The van der Waals surface area contributed by atoms with Crippen LogP contribution in [0.5, 0.6) is 5.88 Å². The first-order chi connectivity index (χ1) is 13.9. The van der Waals surface area contributed by atoms with E-state index >= 15 is 0 Å². The smallest absolute Gasteiger partial charge is 0.424 e. The molecule has 2 atom stereocenters. The van der Waals surface area contributed by atoms with Crippen molar-refractivity contribution in [3.05, 3.63) is 18.1 Å². The normalized spacial score (nSPS) is 23.5. The van der Waals surface area contributed by atoms with E-state index in [9.17, 15) is 26.7 Å². The van der Waals surface area contributed by atoms with Gasteiger partial charge in [0.1, 0.15) is 9.84 Å². The first kappa shape index (κ1) is 21.2. The van der Waals surface area contributed by atoms with Gasteiger partial charge in [0, 0.05) is 6.07 Å². The lowest BCUT2D eigenvalue weighted by Crippen LogP contribution is -2.42. The molecule has 30 heavy (non-hydrogen) atoms. The van der Waals surface area contributed by atoms with E-state index in [4.69, 9.17) is 4.74 Å². The van der Waals surface area contributed by atoms with E-state index in [2.05, 4.69) is 10.1 Å². The fraction of sp³-hybridized carbons (Fsp3) is 0.667. The van der Waals surface area contributed by atoms with Crippen LogP contribution in [-0.2, 0) is 22.0 Å². The number of sulfone groups is 1. The molecule has 1 fully saturated rings. The predicted molar refractivity (Wildman–Crippen MR) is 101 cm³/mol. The predicted octanol–water partition coefficient (Wildman–Crippen LogP) is 2.29. The van der Waals surface area contributed by atoms with E-state index in [-0.39, 0.29) is 17.4 Å². The number of hydrogen-bond acceptors (Lipinski definition) is 6. The fourth-order valence-electron chi connectivity index (χ4n) is 3.93. The molecule has 4 heterocycles. The van der Waals surface area contributed by atoms with Gasteiger partial charge in [-0.05, 0) is 32.6 Å². The highest BCUT2D eigenvalue weighted by molar-refractivity contribution is 7.91. The minimum absolute atomic E-state index is 0.116. The summed E-state index contributed by atoms with van der Waals surface area (Å²) in [6.07, 6.45) is -2.49. The van der Waals surface area contributed by atoms with Crippen molar-refractivity contribution in [2.75, 3.05) is 18.1 Å². The second-order valence-corrected chi connectivity index (χ2v) is 10.5. The molecule has 1 N–H and O–H groups in total. The van der Waals surface area contributed by atoms with Crippen LogP contribution in [0.2, 0.25) is 0 Å². The average molecular weight is 448 g/mol. The van der Waals surface area contributed by atoms with Gasteiger partial charge in [0.05, 0.1) is 48.3 Å². The molecule has 0 bridgehead atoms. The fourth-order valence-corrected chi connectivity index (χ4v) is 5.52. The Morgan fingerprint density at radius 2 is 1.93 bits per heavy atom. The Labute approximate surface area is 171 Å². The summed E-state index contributed by atoms with van der Waals surface area (Å²) in [5.41, 5.74) is -2.12. The summed E-state index contributed by atoms with van der Waals surface area (Å²) in [4.78, 5) is 3.88. The van der Waals surface area contributed by atoms with E-state index in [0.29, 0.717) is 50.2 Å². The monoisotopic (exact) mass is 448 g/mol. The van der Waals surface area contributed by atoms with Gasteiger partial charge in [-0.1, -0.05) is 0 Å². The van der Waals surface area contributed by atoms with Crippen molar-refractivity contribution in [3.8, 4) is 17.3 Å². The number of fused-ring (bicyclic) bond motifs is 3. The van der Waals surface area contributed by atoms with Gasteiger partial charge in [0.2, 0.25) is 11.5 Å². The molecule has 12 heteroatoms. The maximum Gasteiger partial charge on any atom is 0.424 e. The van der Waals surface area contributed by atoms with Crippen molar-refractivity contribution in [1.29, 1.82) is 0 Å². The molecule has 1 unspecified atom stereocenters. The minimum Gasteiger partial charge on any atom is -0.476 e. The molecule has 2 aromatic heterocycles. The first-order valence-corrected chi connectivity index (χ1v) is 11.5. The van der Waals surface area contributed by atoms with Gasteiger partial charge < -0.3 is 14.4 Å². The van der Waals surface area contributed by atoms with Crippen LogP contribution in [0.1, 0.15) is 38.6 Å². The van der Waals surface area contributed by atoms with Gasteiger partial charge in [-0.2, -0.15) is 13.2 Å². The number of hydrogen-bond donors (Lipinski definition) is 1. The summed E-state index contributed by atoms with van der Waals surface area (Å²) in [7, 11) is -2.95. The molecule has 0 aromatic carbocycles. The minimum atomic E-state index is -4.87.